The Labute approximate surface area is 333 Å². The minimum atomic E-state index is -0.476. The molecule has 0 aliphatic carbocycles. The predicted octanol–water partition coefficient (Wildman–Crippen LogP) is 5.89. The van der Waals surface area contributed by atoms with E-state index in [2.05, 4.69) is 25.3 Å². The molecule has 6 aromatic rings. The van der Waals surface area contributed by atoms with Crippen molar-refractivity contribution in [2.24, 2.45) is 17.2 Å². The molecule has 2 aromatic heterocycles. The highest BCUT2D eigenvalue weighted by atomic mass is 35.5. The van der Waals surface area contributed by atoms with E-state index in [1.807, 2.05) is 38.1 Å². The average Bonchev–Trinajstić information content (AvgIpc) is 3.24. The molecule has 0 radical (unpaired) electrons. The van der Waals surface area contributed by atoms with E-state index in [4.69, 9.17) is 39.3 Å². The number of nitrogens with two attached hydrogens (primary N) is 3. The van der Waals surface area contributed by atoms with Crippen molar-refractivity contribution in [1.29, 1.82) is 10.5 Å². The maximum Gasteiger partial charge on any atom is 0.248 e. The quantitative estimate of drug-likeness (QED) is 0.0938. The third-order valence-electron chi connectivity index (χ3n) is 8.07. The lowest BCUT2D eigenvalue weighted by Crippen LogP contribution is -2.13. The molecule has 7 N–H and O–H groups in total. The van der Waals surface area contributed by atoms with Crippen LogP contribution in [0.15, 0.2) is 122 Å². The van der Waals surface area contributed by atoms with Gasteiger partial charge in [0, 0.05) is 53.1 Å². The summed E-state index contributed by atoms with van der Waals surface area (Å²) >= 11 is 5.53. The highest BCUT2D eigenvalue weighted by Gasteiger charge is 2.14. The molecule has 0 spiro atoms. The standard InChI is InChI=1S/C21H17N5O2.C12H6ClN3O.C9H12N2O/c1-13(15-5-7-16(8-6-15)20(23)28)26-21-24-11-18(12-25-21)19(27)17-4-2-3-14(9-17)10-22;13-12-15-6-10(7-16-12)11(17)9-3-1-2-8(4-9)5-14;1-6(10)7-2-4-8(5-3-7)9(11)12/h2-9,11-13H,1H3,(H2,23,28)(H,24,25,26);1-4,6-7H;2-6H,10H2,1H3,(H2,11,12). The number of primary amides is 2. The Morgan fingerprint density at radius 3 is 1.39 bits per heavy atom. The molecule has 15 heteroatoms. The van der Waals surface area contributed by atoms with Crippen molar-refractivity contribution >= 4 is 40.9 Å². The van der Waals surface area contributed by atoms with Gasteiger partial charge in [0.1, 0.15) is 0 Å². The first-order valence-electron chi connectivity index (χ1n) is 17.0. The van der Waals surface area contributed by atoms with Crippen molar-refractivity contribution in [2.45, 2.75) is 25.9 Å². The Morgan fingerprint density at radius 1 is 0.596 bits per heavy atom. The highest BCUT2D eigenvalue weighted by molar-refractivity contribution is 6.28. The second-order valence-corrected chi connectivity index (χ2v) is 12.5. The van der Waals surface area contributed by atoms with Crippen LogP contribution in [-0.4, -0.2) is 43.3 Å². The number of anilines is 1. The Kier molecular flexibility index (Phi) is 14.9. The number of nitriles is 2. The maximum absolute atomic E-state index is 12.5. The van der Waals surface area contributed by atoms with E-state index in [1.54, 1.807) is 72.8 Å². The van der Waals surface area contributed by atoms with E-state index in [0.29, 0.717) is 50.5 Å². The molecule has 2 atom stereocenters. The number of nitrogens with zero attached hydrogens (tertiary/aromatic N) is 6. The summed E-state index contributed by atoms with van der Waals surface area (Å²) < 4.78 is 0. The van der Waals surface area contributed by atoms with E-state index in [1.165, 1.54) is 36.9 Å². The first-order valence-corrected chi connectivity index (χ1v) is 17.4. The van der Waals surface area contributed by atoms with Gasteiger partial charge in [-0.25, -0.2) is 19.9 Å². The van der Waals surface area contributed by atoms with E-state index >= 15 is 0 Å². The minimum absolute atomic E-state index is 0.00748. The Balaban J connectivity index is 0.000000210. The largest absolute Gasteiger partial charge is 0.366 e. The van der Waals surface area contributed by atoms with Crippen LogP contribution >= 0.6 is 11.6 Å². The summed E-state index contributed by atoms with van der Waals surface area (Å²) in [5.41, 5.74) is 21.2. The summed E-state index contributed by atoms with van der Waals surface area (Å²) in [6.07, 6.45) is 5.60. The van der Waals surface area contributed by atoms with Gasteiger partial charge in [0.25, 0.3) is 0 Å². The number of hydrogen-bond donors (Lipinski definition) is 4. The number of carbonyl (C=O) groups is 4. The molecule has 57 heavy (non-hydrogen) atoms. The van der Waals surface area contributed by atoms with E-state index in [0.717, 1.165) is 11.1 Å². The molecule has 0 saturated heterocycles. The van der Waals surface area contributed by atoms with Gasteiger partial charge in [0.2, 0.25) is 23.0 Å². The van der Waals surface area contributed by atoms with Crippen LogP contribution in [0.1, 0.15) is 101 Å². The fourth-order valence-electron chi connectivity index (χ4n) is 4.91. The van der Waals surface area contributed by atoms with Crippen LogP contribution < -0.4 is 22.5 Å². The Morgan fingerprint density at radius 2 is 1.00 bits per heavy atom. The molecule has 2 heterocycles. The van der Waals surface area contributed by atoms with Gasteiger partial charge in [-0.3, -0.25) is 19.2 Å². The van der Waals surface area contributed by atoms with Crippen LogP contribution in [-0.2, 0) is 0 Å². The molecule has 0 fully saturated rings. The van der Waals surface area contributed by atoms with E-state index < -0.39 is 11.8 Å². The van der Waals surface area contributed by atoms with Crippen LogP contribution in [0.5, 0.6) is 0 Å². The van der Waals surface area contributed by atoms with Crippen LogP contribution in [0.25, 0.3) is 0 Å². The van der Waals surface area contributed by atoms with Gasteiger partial charge in [0.05, 0.1) is 40.4 Å². The van der Waals surface area contributed by atoms with Gasteiger partial charge < -0.3 is 22.5 Å². The van der Waals surface area contributed by atoms with E-state index in [9.17, 15) is 19.2 Å². The zero-order chi connectivity index (χ0) is 41.5. The number of amides is 2. The highest BCUT2D eigenvalue weighted by Crippen LogP contribution is 2.18. The number of ketones is 2. The predicted molar refractivity (Wildman–Crippen MR) is 213 cm³/mol. The third kappa shape index (κ3) is 12.2. The molecule has 4 aromatic carbocycles. The first kappa shape index (κ1) is 42.1. The van der Waals surface area contributed by atoms with Crippen LogP contribution in [0.4, 0.5) is 5.95 Å². The van der Waals surface area contributed by atoms with Crippen molar-refractivity contribution in [3.8, 4) is 12.1 Å². The number of carbonyl (C=O) groups excluding carboxylic acids is 4. The fourth-order valence-corrected chi connectivity index (χ4v) is 5.00. The molecular weight excluding hydrogens is 744 g/mol. The van der Waals surface area contributed by atoms with Gasteiger partial charge in [-0.1, -0.05) is 48.5 Å². The molecule has 6 rings (SSSR count). The molecule has 2 unspecified atom stereocenters. The number of nitrogens with one attached hydrogen (secondary N) is 1. The van der Waals surface area contributed by atoms with Gasteiger partial charge in [-0.2, -0.15) is 10.5 Å². The zero-order valence-corrected chi connectivity index (χ0v) is 31.4. The van der Waals surface area contributed by atoms with Crippen molar-refractivity contribution < 1.29 is 19.2 Å². The van der Waals surface area contributed by atoms with Gasteiger partial charge in [0.15, 0.2) is 11.6 Å². The lowest BCUT2D eigenvalue weighted by atomic mass is 10.0. The van der Waals surface area contributed by atoms with Crippen molar-refractivity contribution in [3.05, 3.63) is 183 Å². The fraction of sp³-hybridized carbons (Fsp3) is 0.0952. The lowest BCUT2D eigenvalue weighted by Gasteiger charge is -2.14. The molecule has 2 amide bonds. The van der Waals surface area contributed by atoms with Gasteiger partial charge >= 0.3 is 0 Å². The molecular formula is C42H35ClN10O4. The number of halogens is 1. The number of rotatable bonds is 10. The minimum Gasteiger partial charge on any atom is -0.366 e. The molecule has 0 bridgehead atoms. The zero-order valence-electron chi connectivity index (χ0n) is 30.6. The third-order valence-corrected chi connectivity index (χ3v) is 8.26. The lowest BCUT2D eigenvalue weighted by molar-refractivity contribution is 0.0992. The van der Waals surface area contributed by atoms with Crippen molar-refractivity contribution in [1.82, 2.24) is 19.9 Å². The maximum atomic E-state index is 12.5. The van der Waals surface area contributed by atoms with Gasteiger partial charge in [-0.05, 0) is 85.1 Å². The van der Waals surface area contributed by atoms with Crippen LogP contribution in [0, 0.1) is 22.7 Å². The summed E-state index contributed by atoms with van der Waals surface area (Å²) in [7, 11) is 0. The summed E-state index contributed by atoms with van der Waals surface area (Å²) in [6.45, 7) is 3.81. The summed E-state index contributed by atoms with van der Waals surface area (Å²) in [4.78, 5) is 62.2. The summed E-state index contributed by atoms with van der Waals surface area (Å²) in [5.74, 6) is -1.01. The second kappa shape index (κ2) is 20.1. The summed E-state index contributed by atoms with van der Waals surface area (Å²) in [5, 5.41) is 20.9. The number of aromatic nitrogens is 4. The van der Waals surface area contributed by atoms with Crippen LogP contribution in [0.3, 0.4) is 0 Å². The smallest absolute Gasteiger partial charge is 0.248 e. The molecule has 284 valence electrons. The molecule has 0 aliphatic heterocycles. The first-order chi connectivity index (χ1) is 27.3. The molecule has 14 nitrogen and oxygen atoms in total. The average molecular weight is 779 g/mol. The summed E-state index contributed by atoms with van der Waals surface area (Å²) in [6, 6.07) is 30.7. The van der Waals surface area contributed by atoms with Crippen LogP contribution in [0.2, 0.25) is 5.28 Å². The SMILES string of the molecule is CC(N)c1ccc(C(N)=O)cc1.CC(Nc1ncc(C(=O)c2cccc(C#N)c2)cn1)c1ccc(C(N)=O)cc1.N#Cc1cccc(C(=O)c2cnc(Cl)nc2)c1. The van der Waals surface area contributed by atoms with Crippen molar-refractivity contribution in [2.75, 3.05) is 5.32 Å². The molecule has 0 saturated carbocycles. The second-order valence-electron chi connectivity index (χ2n) is 12.2. The molecule has 0 aliphatic rings. The van der Waals surface area contributed by atoms with Crippen molar-refractivity contribution in [3.63, 3.8) is 0 Å². The Hall–Kier alpha value is -7.65. The monoisotopic (exact) mass is 778 g/mol. The topological polar surface area (TPSA) is 258 Å². The number of benzene rings is 4. The van der Waals surface area contributed by atoms with Gasteiger partial charge in [-0.15, -0.1) is 0 Å². The number of hydrogen-bond acceptors (Lipinski definition) is 12. The van der Waals surface area contributed by atoms with E-state index in [-0.39, 0.29) is 28.9 Å². The normalized spacial score (nSPS) is 11.1. The Bertz CT molecular complexity index is 2440.